The minimum atomic E-state index is -2.08. The lowest BCUT2D eigenvalue weighted by Gasteiger charge is -2.33. The van der Waals surface area contributed by atoms with Crippen molar-refractivity contribution in [1.82, 2.24) is 4.57 Å². The van der Waals surface area contributed by atoms with Gasteiger partial charge in [-0.2, -0.15) is 0 Å². The normalized spacial score (nSPS) is 10.6. The second kappa shape index (κ2) is 6.44. The third kappa shape index (κ3) is 4.60. The van der Waals surface area contributed by atoms with Crippen LogP contribution >= 0.6 is 0 Å². The highest BCUT2D eigenvalue weighted by molar-refractivity contribution is 6.76. The molecule has 0 heterocycles. The maximum atomic E-state index is 11.8. The summed E-state index contributed by atoms with van der Waals surface area (Å²) in [6, 6.07) is 0. The standard InChI is InChI=1S/C11H21NO4Si/c1-7-15-10(13)9(3)12(17(4,5)6)11(14)16-8-2/h3,7-8H2,1-2,4-6H3. The van der Waals surface area contributed by atoms with E-state index in [9.17, 15) is 9.59 Å². The highest BCUT2D eigenvalue weighted by Gasteiger charge is 2.35. The van der Waals surface area contributed by atoms with E-state index in [4.69, 9.17) is 9.47 Å². The third-order valence-corrected chi connectivity index (χ3v) is 3.70. The number of hydrogen-bond acceptors (Lipinski definition) is 4. The Morgan fingerprint density at radius 1 is 1.12 bits per heavy atom. The molecule has 98 valence electrons. The molecule has 0 bridgehead atoms. The number of carbonyl (C=O) groups excluding carboxylic acids is 2. The van der Waals surface area contributed by atoms with Crippen molar-refractivity contribution in [2.75, 3.05) is 13.2 Å². The van der Waals surface area contributed by atoms with Crippen molar-refractivity contribution in [3.05, 3.63) is 12.3 Å². The van der Waals surface area contributed by atoms with E-state index >= 15 is 0 Å². The fourth-order valence-electron chi connectivity index (χ4n) is 1.28. The second-order valence-electron chi connectivity index (χ2n) is 4.37. The first kappa shape index (κ1) is 15.7. The van der Waals surface area contributed by atoms with E-state index in [2.05, 4.69) is 6.58 Å². The Kier molecular flexibility index (Phi) is 5.94. The molecule has 0 aromatic heterocycles. The van der Waals surface area contributed by atoms with Gasteiger partial charge in [0.05, 0.1) is 13.2 Å². The molecule has 0 aliphatic rings. The van der Waals surface area contributed by atoms with Gasteiger partial charge >= 0.3 is 12.1 Å². The van der Waals surface area contributed by atoms with Crippen LogP contribution in [0, 0.1) is 0 Å². The maximum Gasteiger partial charge on any atom is 0.406 e. The topological polar surface area (TPSA) is 55.8 Å². The smallest absolute Gasteiger partial charge is 0.406 e. The van der Waals surface area contributed by atoms with Crippen LogP contribution in [0.3, 0.4) is 0 Å². The SMILES string of the molecule is C=C(C(=O)OCC)N(C(=O)OCC)[Si](C)(C)C. The van der Waals surface area contributed by atoms with Gasteiger partial charge in [-0.3, -0.25) is 0 Å². The maximum absolute atomic E-state index is 11.8. The van der Waals surface area contributed by atoms with Crippen LogP contribution in [-0.4, -0.2) is 38.1 Å². The molecule has 6 heteroatoms. The van der Waals surface area contributed by atoms with Gasteiger partial charge in [-0.05, 0) is 13.8 Å². The summed E-state index contributed by atoms with van der Waals surface area (Å²) in [4.78, 5) is 23.4. The lowest BCUT2D eigenvalue weighted by molar-refractivity contribution is -0.139. The number of carbonyl (C=O) groups is 2. The van der Waals surface area contributed by atoms with E-state index in [1.165, 1.54) is 4.57 Å². The number of rotatable bonds is 5. The lowest BCUT2D eigenvalue weighted by Crippen LogP contribution is -2.50. The molecule has 0 saturated carbocycles. The summed E-state index contributed by atoms with van der Waals surface area (Å²) in [5, 5.41) is 0. The predicted molar refractivity (Wildman–Crippen MR) is 68.0 cm³/mol. The molecule has 0 rings (SSSR count). The van der Waals surface area contributed by atoms with Crippen LogP contribution in [-0.2, 0) is 14.3 Å². The monoisotopic (exact) mass is 259 g/mol. The molecular formula is C11H21NO4Si. The number of esters is 1. The average Bonchev–Trinajstić information content (AvgIpc) is 2.16. The molecule has 0 aromatic rings. The van der Waals surface area contributed by atoms with Crippen LogP contribution in [0.15, 0.2) is 12.3 Å². The highest BCUT2D eigenvalue weighted by atomic mass is 28.3. The molecule has 0 N–H and O–H groups in total. The largest absolute Gasteiger partial charge is 0.461 e. The molecule has 0 aliphatic heterocycles. The van der Waals surface area contributed by atoms with Gasteiger partial charge in [-0.15, -0.1) is 0 Å². The molecule has 0 spiro atoms. The molecule has 0 radical (unpaired) electrons. The number of amides is 1. The molecule has 5 nitrogen and oxygen atoms in total. The molecule has 0 aromatic carbocycles. The zero-order chi connectivity index (χ0) is 13.6. The molecular weight excluding hydrogens is 238 g/mol. The third-order valence-electron chi connectivity index (χ3n) is 1.90. The average molecular weight is 259 g/mol. The van der Waals surface area contributed by atoms with E-state index in [-0.39, 0.29) is 18.9 Å². The Morgan fingerprint density at radius 3 is 1.94 bits per heavy atom. The number of hydrogen-bond donors (Lipinski definition) is 0. The Bertz CT molecular complexity index is 309. The van der Waals surface area contributed by atoms with Crippen molar-refractivity contribution >= 4 is 20.3 Å². The van der Waals surface area contributed by atoms with Crippen molar-refractivity contribution < 1.29 is 19.1 Å². The van der Waals surface area contributed by atoms with Crippen LogP contribution in [0.1, 0.15) is 13.8 Å². The van der Waals surface area contributed by atoms with Crippen LogP contribution in [0.4, 0.5) is 4.79 Å². The Hall–Kier alpha value is -1.30. The van der Waals surface area contributed by atoms with Crippen molar-refractivity contribution in [2.45, 2.75) is 33.5 Å². The quantitative estimate of drug-likeness (QED) is 0.432. The van der Waals surface area contributed by atoms with E-state index in [1.54, 1.807) is 13.8 Å². The molecule has 0 aliphatic carbocycles. The van der Waals surface area contributed by atoms with Gasteiger partial charge < -0.3 is 14.0 Å². The summed E-state index contributed by atoms with van der Waals surface area (Å²) in [7, 11) is -2.08. The van der Waals surface area contributed by atoms with E-state index in [1.807, 2.05) is 19.6 Å². The minimum Gasteiger partial charge on any atom is -0.461 e. The van der Waals surface area contributed by atoms with Crippen molar-refractivity contribution in [2.24, 2.45) is 0 Å². The van der Waals surface area contributed by atoms with Crippen LogP contribution in [0.25, 0.3) is 0 Å². The van der Waals surface area contributed by atoms with E-state index in [0.717, 1.165) is 0 Å². The van der Waals surface area contributed by atoms with Gasteiger partial charge in [0, 0.05) is 0 Å². The van der Waals surface area contributed by atoms with Crippen molar-refractivity contribution in [3.63, 3.8) is 0 Å². The molecule has 0 fully saturated rings. The predicted octanol–water partition coefficient (Wildman–Crippen LogP) is 2.36. The molecule has 0 unspecified atom stereocenters. The molecule has 17 heavy (non-hydrogen) atoms. The first-order chi connectivity index (χ1) is 7.75. The van der Waals surface area contributed by atoms with Gasteiger partial charge in [0.2, 0.25) is 0 Å². The summed E-state index contributed by atoms with van der Waals surface area (Å²) in [6.07, 6.45) is -0.537. The molecule has 0 atom stereocenters. The summed E-state index contributed by atoms with van der Waals surface area (Å²) in [6.45, 7) is 13.3. The second-order valence-corrected chi connectivity index (χ2v) is 9.16. The van der Waals surface area contributed by atoms with Crippen molar-refractivity contribution in [1.29, 1.82) is 0 Å². The van der Waals surface area contributed by atoms with Gasteiger partial charge in [-0.1, -0.05) is 26.2 Å². The van der Waals surface area contributed by atoms with Gasteiger partial charge in [-0.25, -0.2) is 9.59 Å². The van der Waals surface area contributed by atoms with Gasteiger partial charge in [0.25, 0.3) is 0 Å². The first-order valence-corrected chi connectivity index (χ1v) is 9.03. The first-order valence-electron chi connectivity index (χ1n) is 5.58. The fourth-order valence-corrected chi connectivity index (χ4v) is 2.80. The van der Waals surface area contributed by atoms with E-state index in [0.29, 0.717) is 0 Å². The summed E-state index contributed by atoms with van der Waals surface area (Å²) >= 11 is 0. The lowest BCUT2D eigenvalue weighted by atomic mass is 10.5. The Balaban J connectivity index is 5.00. The minimum absolute atomic E-state index is 0.0458. The fraction of sp³-hybridized carbons (Fsp3) is 0.636. The summed E-state index contributed by atoms with van der Waals surface area (Å²) in [5.41, 5.74) is 0.0458. The highest BCUT2D eigenvalue weighted by Crippen LogP contribution is 2.18. The zero-order valence-corrected chi connectivity index (χ0v) is 12.2. The molecule has 0 saturated heterocycles. The van der Waals surface area contributed by atoms with Gasteiger partial charge in [0.15, 0.2) is 8.24 Å². The number of ether oxygens (including phenoxy) is 2. The Labute approximate surface area is 103 Å². The van der Waals surface area contributed by atoms with E-state index < -0.39 is 20.3 Å². The van der Waals surface area contributed by atoms with Crippen LogP contribution < -0.4 is 0 Å². The van der Waals surface area contributed by atoms with Crippen LogP contribution in [0.5, 0.6) is 0 Å². The zero-order valence-electron chi connectivity index (χ0n) is 11.2. The van der Waals surface area contributed by atoms with Crippen LogP contribution in [0.2, 0.25) is 19.6 Å². The van der Waals surface area contributed by atoms with Gasteiger partial charge in [0.1, 0.15) is 5.70 Å². The summed E-state index contributed by atoms with van der Waals surface area (Å²) in [5.74, 6) is -0.581. The Morgan fingerprint density at radius 2 is 1.59 bits per heavy atom. The van der Waals surface area contributed by atoms with Crippen molar-refractivity contribution in [3.8, 4) is 0 Å². The molecule has 1 amide bonds. The summed E-state index contributed by atoms with van der Waals surface area (Å²) < 4.78 is 11.1. The number of nitrogens with zero attached hydrogens (tertiary/aromatic N) is 1.